The molecule has 45 heavy (non-hydrogen) atoms. The van der Waals surface area contributed by atoms with Gasteiger partial charge >= 0.3 is 11.9 Å². The minimum atomic E-state index is -1.13. The number of quaternary nitrogens is 1. The van der Waals surface area contributed by atoms with E-state index in [-0.39, 0.29) is 29.6 Å². The number of aliphatic hydroxyl groups excluding tert-OH is 1. The Kier molecular flexibility index (Phi) is 9.80. The van der Waals surface area contributed by atoms with Gasteiger partial charge < -0.3 is 14.7 Å². The van der Waals surface area contributed by atoms with Crippen molar-refractivity contribution in [3.05, 3.63) is 71.6 Å². The average Bonchev–Trinajstić information content (AvgIpc) is 3.49. The van der Waals surface area contributed by atoms with Gasteiger partial charge in [0.05, 0.1) is 5.56 Å². The van der Waals surface area contributed by atoms with E-state index in [0.717, 1.165) is 24.0 Å². The third-order valence-electron chi connectivity index (χ3n) is 7.80. The Bertz CT molecular complexity index is 1510. The van der Waals surface area contributed by atoms with Gasteiger partial charge in [0, 0.05) is 30.2 Å². The molecule has 2 aromatic rings. The molecule has 0 bridgehead atoms. The number of benzene rings is 2. The molecule has 1 fully saturated rings. The van der Waals surface area contributed by atoms with E-state index in [1.807, 2.05) is 84.9 Å². The molecule has 2 unspecified atom stereocenters. The van der Waals surface area contributed by atoms with Crippen molar-refractivity contribution < 1.29 is 38.3 Å². The van der Waals surface area contributed by atoms with Crippen molar-refractivity contribution in [2.24, 2.45) is 10.4 Å². The highest BCUT2D eigenvalue weighted by Gasteiger charge is 2.56. The molecular formula is C35H44N3O7+. The summed E-state index contributed by atoms with van der Waals surface area (Å²) in [4.78, 5) is 61.2. The highest BCUT2D eigenvalue weighted by molar-refractivity contribution is 6.03. The Balaban J connectivity index is 1.74. The normalized spacial score (nSPS) is 19.3. The van der Waals surface area contributed by atoms with Crippen LogP contribution >= 0.6 is 0 Å². The Morgan fingerprint density at radius 1 is 0.956 bits per heavy atom. The second-order valence-corrected chi connectivity index (χ2v) is 13.6. The lowest BCUT2D eigenvalue weighted by Crippen LogP contribution is -2.62. The summed E-state index contributed by atoms with van der Waals surface area (Å²) in [5.41, 5.74) is 1.43. The molecule has 4 rings (SSSR count). The number of amidine groups is 1. The van der Waals surface area contributed by atoms with Crippen LogP contribution in [0.25, 0.3) is 11.1 Å². The van der Waals surface area contributed by atoms with E-state index in [4.69, 9.17) is 9.57 Å². The van der Waals surface area contributed by atoms with Crippen LogP contribution in [-0.2, 0) is 30.5 Å². The highest BCUT2D eigenvalue weighted by Crippen LogP contribution is 2.41. The Morgan fingerprint density at radius 2 is 1.58 bits per heavy atom. The van der Waals surface area contributed by atoms with Crippen molar-refractivity contribution in [3.63, 3.8) is 0 Å². The molecule has 2 amide bonds. The van der Waals surface area contributed by atoms with Crippen molar-refractivity contribution in [1.82, 2.24) is 5.06 Å². The molecule has 1 saturated heterocycles. The number of imide groups is 1. The van der Waals surface area contributed by atoms with Crippen LogP contribution < -0.4 is 0 Å². The SMILES string of the molecule is CCCCC1=NC=C(C(=O)ON2C(=O)CCC2=O)[N+]1(Cc1ccc(-c2ccccc2C(=O)OC(C)(C)C)cc1)C(O)C(C)(C)C. The molecular weight excluding hydrogens is 574 g/mol. The maximum atomic E-state index is 13.7. The Hall–Kier alpha value is -4.15. The number of rotatable bonds is 10. The molecule has 1 N–H and O–H groups in total. The summed E-state index contributed by atoms with van der Waals surface area (Å²) < 4.78 is 5.30. The summed E-state index contributed by atoms with van der Waals surface area (Å²) in [6, 6.07) is 14.8. The average molecular weight is 619 g/mol. The molecule has 0 saturated carbocycles. The first-order valence-electron chi connectivity index (χ1n) is 15.4. The topological polar surface area (TPSA) is 123 Å². The molecule has 2 atom stereocenters. The fourth-order valence-electron chi connectivity index (χ4n) is 5.60. The van der Waals surface area contributed by atoms with Crippen LogP contribution in [0.3, 0.4) is 0 Å². The van der Waals surface area contributed by atoms with Gasteiger partial charge in [-0.2, -0.15) is 0 Å². The number of nitrogens with zero attached hydrogens (tertiary/aromatic N) is 3. The van der Waals surface area contributed by atoms with Crippen molar-refractivity contribution >= 4 is 29.6 Å². The zero-order valence-corrected chi connectivity index (χ0v) is 27.3. The molecule has 240 valence electrons. The van der Waals surface area contributed by atoms with E-state index in [1.165, 1.54) is 6.20 Å². The van der Waals surface area contributed by atoms with Crippen LogP contribution in [0.1, 0.15) is 96.5 Å². The van der Waals surface area contributed by atoms with E-state index < -0.39 is 41.0 Å². The number of ether oxygens (including phenoxy) is 1. The maximum Gasteiger partial charge on any atom is 0.419 e. The molecule has 2 aliphatic heterocycles. The first-order chi connectivity index (χ1) is 21.1. The number of carbonyl (C=O) groups is 4. The third-order valence-corrected chi connectivity index (χ3v) is 7.80. The monoisotopic (exact) mass is 618 g/mol. The highest BCUT2D eigenvalue weighted by atomic mass is 16.7. The number of esters is 1. The number of unbranched alkanes of at least 4 members (excludes halogenated alkanes) is 1. The van der Waals surface area contributed by atoms with E-state index in [9.17, 15) is 24.3 Å². The fourth-order valence-corrected chi connectivity index (χ4v) is 5.60. The molecule has 2 heterocycles. The lowest BCUT2D eigenvalue weighted by atomic mass is 9.89. The van der Waals surface area contributed by atoms with Gasteiger partial charge in [0.2, 0.25) is 17.8 Å². The number of aliphatic hydroxyl groups is 1. The number of carbonyl (C=O) groups excluding carboxylic acids is 4. The zero-order valence-electron chi connectivity index (χ0n) is 27.3. The predicted molar refractivity (Wildman–Crippen MR) is 169 cm³/mol. The molecule has 0 aliphatic carbocycles. The van der Waals surface area contributed by atoms with E-state index in [0.29, 0.717) is 28.4 Å². The van der Waals surface area contributed by atoms with Crippen LogP contribution in [0.4, 0.5) is 0 Å². The molecule has 10 heteroatoms. The number of amides is 2. The Morgan fingerprint density at radius 3 is 2.16 bits per heavy atom. The summed E-state index contributed by atoms with van der Waals surface area (Å²) in [5.74, 6) is -1.92. The first-order valence-corrected chi connectivity index (χ1v) is 15.4. The third kappa shape index (κ3) is 7.23. The number of aliphatic imine (C=N–C) groups is 1. The molecule has 0 spiro atoms. The van der Waals surface area contributed by atoms with Gasteiger partial charge in [-0.3, -0.25) is 9.59 Å². The summed E-state index contributed by atoms with van der Waals surface area (Å²) >= 11 is 0. The van der Waals surface area contributed by atoms with Crippen molar-refractivity contribution in [1.29, 1.82) is 0 Å². The molecule has 0 aromatic heterocycles. The van der Waals surface area contributed by atoms with Gasteiger partial charge in [0.15, 0.2) is 0 Å². The van der Waals surface area contributed by atoms with Gasteiger partial charge in [-0.25, -0.2) is 19.1 Å². The first kappa shape index (κ1) is 33.7. The summed E-state index contributed by atoms with van der Waals surface area (Å²) in [6.07, 6.45) is 2.35. The van der Waals surface area contributed by atoms with E-state index in [1.54, 1.807) is 12.1 Å². The number of hydroxylamine groups is 2. The molecule has 10 nitrogen and oxygen atoms in total. The van der Waals surface area contributed by atoms with Crippen molar-refractivity contribution in [3.8, 4) is 11.1 Å². The fraction of sp³-hybridized carbons (Fsp3) is 0.457. The van der Waals surface area contributed by atoms with Crippen LogP contribution in [0, 0.1) is 5.41 Å². The van der Waals surface area contributed by atoms with Gasteiger partial charge in [-0.15, -0.1) is 5.06 Å². The second-order valence-electron chi connectivity index (χ2n) is 13.6. The smallest absolute Gasteiger partial charge is 0.419 e. The van der Waals surface area contributed by atoms with Crippen LogP contribution in [0.15, 0.2) is 65.4 Å². The van der Waals surface area contributed by atoms with Crippen molar-refractivity contribution in [2.75, 3.05) is 0 Å². The van der Waals surface area contributed by atoms with E-state index >= 15 is 0 Å². The van der Waals surface area contributed by atoms with Gasteiger partial charge in [0.25, 0.3) is 11.8 Å². The lowest BCUT2D eigenvalue weighted by Gasteiger charge is -2.44. The number of hydrogen-bond acceptors (Lipinski definition) is 8. The Labute approximate surface area is 264 Å². The second kappa shape index (κ2) is 13.1. The largest absolute Gasteiger partial charge is 0.456 e. The van der Waals surface area contributed by atoms with Gasteiger partial charge in [-0.05, 0) is 44.4 Å². The summed E-state index contributed by atoms with van der Waals surface area (Å²) in [5, 5.41) is 12.5. The quantitative estimate of drug-likeness (QED) is 0.196. The molecule has 2 aromatic carbocycles. The van der Waals surface area contributed by atoms with Crippen LogP contribution in [0.2, 0.25) is 0 Å². The zero-order chi connectivity index (χ0) is 33.2. The van der Waals surface area contributed by atoms with Crippen LogP contribution in [0.5, 0.6) is 0 Å². The van der Waals surface area contributed by atoms with Gasteiger partial charge in [-0.1, -0.05) is 76.6 Å². The minimum absolute atomic E-state index is 0.0303. The van der Waals surface area contributed by atoms with Gasteiger partial charge in [0.1, 0.15) is 18.3 Å². The van der Waals surface area contributed by atoms with Crippen LogP contribution in [-0.4, -0.2) is 56.1 Å². The van der Waals surface area contributed by atoms with Crippen molar-refractivity contribution in [2.45, 2.75) is 98.9 Å². The molecule has 2 aliphatic rings. The minimum Gasteiger partial charge on any atom is -0.456 e. The molecule has 0 radical (unpaired) electrons. The summed E-state index contributed by atoms with van der Waals surface area (Å²) in [6.45, 7) is 13.3. The van der Waals surface area contributed by atoms with E-state index in [2.05, 4.69) is 4.99 Å². The lowest BCUT2D eigenvalue weighted by molar-refractivity contribution is -0.873. The predicted octanol–water partition coefficient (Wildman–Crippen LogP) is 6.04. The standard InChI is InChI=1S/C35H44N3O7/c1-8-9-14-28-36-21-27(32(42)45-37-29(39)19-20-30(37)40)38(28,33(43)34(2,3)4)22-23-15-17-24(18-16-23)25-12-10-11-13-26(25)31(41)44-35(5,6)7/h10-13,15-18,21,33,43H,8-9,14,19-20,22H2,1-7H3/q+1. The maximum absolute atomic E-state index is 13.7. The number of hydrogen-bond donors (Lipinski definition) is 1. The summed E-state index contributed by atoms with van der Waals surface area (Å²) in [7, 11) is 0.